The monoisotopic (exact) mass is 168 g/mol. The van der Waals surface area contributed by atoms with Gasteiger partial charge in [0.15, 0.2) is 0 Å². The Morgan fingerprint density at radius 2 is 2.33 bits per heavy atom. The second-order valence-corrected chi connectivity index (χ2v) is 4.25. The molecule has 2 nitrogen and oxygen atoms in total. The lowest BCUT2D eigenvalue weighted by Gasteiger charge is -2.10. The zero-order chi connectivity index (χ0) is 8.44. The van der Waals surface area contributed by atoms with Gasteiger partial charge < -0.3 is 9.53 Å². The molecule has 1 saturated carbocycles. The summed E-state index contributed by atoms with van der Waals surface area (Å²) < 4.78 is 5.29. The lowest BCUT2D eigenvalue weighted by Crippen LogP contribution is -2.07. The first-order valence-electron chi connectivity index (χ1n) is 4.89. The summed E-state index contributed by atoms with van der Waals surface area (Å²) in [6.07, 6.45) is 6.93. The van der Waals surface area contributed by atoms with Gasteiger partial charge in [-0.05, 0) is 38.0 Å². The van der Waals surface area contributed by atoms with Gasteiger partial charge in [0.1, 0.15) is 6.29 Å². The third-order valence-electron chi connectivity index (χ3n) is 3.22. The molecule has 2 rings (SSSR count). The zero-order valence-corrected chi connectivity index (χ0v) is 7.42. The quantitative estimate of drug-likeness (QED) is 0.598. The molecule has 1 aliphatic heterocycles. The van der Waals surface area contributed by atoms with E-state index in [2.05, 4.69) is 0 Å². The predicted octanol–water partition coefficient (Wildman–Crippen LogP) is 1.78. The van der Waals surface area contributed by atoms with Gasteiger partial charge in [-0.1, -0.05) is 0 Å². The highest BCUT2D eigenvalue weighted by molar-refractivity contribution is 5.63. The van der Waals surface area contributed by atoms with Crippen molar-refractivity contribution >= 4 is 6.29 Å². The van der Waals surface area contributed by atoms with E-state index < -0.39 is 0 Å². The third kappa shape index (κ3) is 1.69. The fourth-order valence-corrected chi connectivity index (χ4v) is 1.89. The van der Waals surface area contributed by atoms with Crippen LogP contribution in [0.25, 0.3) is 0 Å². The van der Waals surface area contributed by atoms with Crippen LogP contribution in [0.15, 0.2) is 0 Å². The van der Waals surface area contributed by atoms with Gasteiger partial charge in [0, 0.05) is 18.6 Å². The molecule has 0 aromatic heterocycles. The van der Waals surface area contributed by atoms with Crippen LogP contribution in [0.5, 0.6) is 0 Å². The summed E-state index contributed by atoms with van der Waals surface area (Å²) in [5.74, 6) is 0.738. The summed E-state index contributed by atoms with van der Waals surface area (Å²) in [7, 11) is 0. The Labute approximate surface area is 73.3 Å². The van der Waals surface area contributed by atoms with Crippen LogP contribution >= 0.6 is 0 Å². The summed E-state index contributed by atoms with van der Waals surface area (Å²) >= 11 is 0. The number of ether oxygens (including phenoxy) is 1. The van der Waals surface area contributed by atoms with Gasteiger partial charge in [0.25, 0.3) is 0 Å². The van der Waals surface area contributed by atoms with E-state index in [-0.39, 0.29) is 5.41 Å². The average Bonchev–Trinajstić information content (AvgIpc) is 2.70. The Balaban J connectivity index is 1.70. The van der Waals surface area contributed by atoms with Gasteiger partial charge in [-0.3, -0.25) is 0 Å². The number of rotatable bonds is 4. The van der Waals surface area contributed by atoms with Crippen molar-refractivity contribution in [3.63, 3.8) is 0 Å². The van der Waals surface area contributed by atoms with E-state index in [1.165, 1.54) is 19.1 Å². The van der Waals surface area contributed by atoms with Gasteiger partial charge >= 0.3 is 0 Å². The van der Waals surface area contributed by atoms with Gasteiger partial charge in [-0.15, -0.1) is 0 Å². The lowest BCUT2D eigenvalue weighted by molar-refractivity contribution is -0.112. The molecule has 1 saturated heterocycles. The van der Waals surface area contributed by atoms with E-state index in [0.717, 1.165) is 38.4 Å². The Morgan fingerprint density at radius 1 is 1.50 bits per heavy atom. The van der Waals surface area contributed by atoms with Crippen molar-refractivity contribution < 1.29 is 9.53 Å². The molecule has 1 aliphatic carbocycles. The van der Waals surface area contributed by atoms with Crippen LogP contribution in [0.2, 0.25) is 0 Å². The molecule has 68 valence electrons. The van der Waals surface area contributed by atoms with E-state index in [1.807, 2.05) is 0 Å². The van der Waals surface area contributed by atoms with Crippen LogP contribution in [0, 0.1) is 11.3 Å². The summed E-state index contributed by atoms with van der Waals surface area (Å²) in [6.45, 7) is 1.85. The molecule has 1 unspecified atom stereocenters. The molecule has 0 amide bonds. The Bertz CT molecular complexity index is 167. The van der Waals surface area contributed by atoms with Crippen LogP contribution in [-0.4, -0.2) is 19.5 Å². The lowest BCUT2D eigenvalue weighted by atomic mass is 9.94. The summed E-state index contributed by atoms with van der Waals surface area (Å²) in [6, 6.07) is 0. The standard InChI is InChI=1S/C10H16O2/c11-8-10(4-5-10)3-1-9-2-6-12-7-9/h8-9H,1-7H2. The first-order chi connectivity index (χ1) is 5.85. The van der Waals surface area contributed by atoms with Crippen LogP contribution in [0.1, 0.15) is 32.1 Å². The highest BCUT2D eigenvalue weighted by Gasteiger charge is 2.42. The average molecular weight is 168 g/mol. The van der Waals surface area contributed by atoms with Crippen LogP contribution in [-0.2, 0) is 9.53 Å². The SMILES string of the molecule is O=CC1(CCC2CCOC2)CC1. The largest absolute Gasteiger partial charge is 0.381 e. The maximum absolute atomic E-state index is 10.7. The van der Waals surface area contributed by atoms with E-state index in [0.29, 0.717) is 0 Å². The highest BCUT2D eigenvalue weighted by Crippen LogP contribution is 2.48. The van der Waals surface area contributed by atoms with Crippen LogP contribution in [0.4, 0.5) is 0 Å². The van der Waals surface area contributed by atoms with Crippen molar-refractivity contribution in [3.05, 3.63) is 0 Å². The van der Waals surface area contributed by atoms with Gasteiger partial charge in [0.05, 0.1) is 0 Å². The zero-order valence-electron chi connectivity index (χ0n) is 7.42. The second-order valence-electron chi connectivity index (χ2n) is 4.25. The normalized spacial score (nSPS) is 31.8. The molecule has 0 aromatic carbocycles. The van der Waals surface area contributed by atoms with Crippen molar-refractivity contribution in [2.45, 2.75) is 32.1 Å². The van der Waals surface area contributed by atoms with Gasteiger partial charge in [-0.25, -0.2) is 0 Å². The molecule has 0 radical (unpaired) electrons. The summed E-state index contributed by atoms with van der Waals surface area (Å²) in [5.41, 5.74) is 0.114. The number of carbonyl (C=O) groups excluding carboxylic acids is 1. The Kier molecular flexibility index (Phi) is 2.18. The molecule has 12 heavy (non-hydrogen) atoms. The van der Waals surface area contributed by atoms with Crippen molar-refractivity contribution in [1.29, 1.82) is 0 Å². The van der Waals surface area contributed by atoms with Crippen LogP contribution < -0.4 is 0 Å². The maximum Gasteiger partial charge on any atom is 0.126 e. The minimum atomic E-state index is 0.114. The molecular formula is C10H16O2. The second kappa shape index (κ2) is 3.17. The number of hydrogen-bond acceptors (Lipinski definition) is 2. The van der Waals surface area contributed by atoms with Gasteiger partial charge in [-0.2, -0.15) is 0 Å². The van der Waals surface area contributed by atoms with Crippen molar-refractivity contribution in [2.75, 3.05) is 13.2 Å². The Hall–Kier alpha value is -0.370. The van der Waals surface area contributed by atoms with E-state index in [1.54, 1.807) is 0 Å². The predicted molar refractivity (Wildman–Crippen MR) is 45.9 cm³/mol. The highest BCUT2D eigenvalue weighted by atomic mass is 16.5. The molecular weight excluding hydrogens is 152 g/mol. The number of aldehydes is 1. The van der Waals surface area contributed by atoms with E-state index in [4.69, 9.17) is 4.74 Å². The topological polar surface area (TPSA) is 26.3 Å². The number of carbonyl (C=O) groups is 1. The Morgan fingerprint density at radius 3 is 2.83 bits per heavy atom. The molecule has 0 N–H and O–H groups in total. The maximum atomic E-state index is 10.7. The molecule has 1 atom stereocenters. The molecule has 2 aliphatic rings. The molecule has 2 heteroatoms. The third-order valence-corrected chi connectivity index (χ3v) is 3.22. The summed E-state index contributed by atoms with van der Waals surface area (Å²) in [5, 5.41) is 0. The van der Waals surface area contributed by atoms with Gasteiger partial charge in [0.2, 0.25) is 0 Å². The molecule has 0 aromatic rings. The van der Waals surface area contributed by atoms with Crippen LogP contribution in [0.3, 0.4) is 0 Å². The molecule has 0 bridgehead atoms. The fourth-order valence-electron chi connectivity index (χ4n) is 1.89. The minimum Gasteiger partial charge on any atom is -0.381 e. The fraction of sp³-hybridized carbons (Fsp3) is 0.900. The minimum absolute atomic E-state index is 0.114. The smallest absolute Gasteiger partial charge is 0.126 e. The van der Waals surface area contributed by atoms with E-state index in [9.17, 15) is 4.79 Å². The molecule has 0 spiro atoms. The van der Waals surface area contributed by atoms with Crippen molar-refractivity contribution in [2.24, 2.45) is 11.3 Å². The first-order valence-corrected chi connectivity index (χ1v) is 4.89. The first kappa shape index (κ1) is 8.24. The molecule has 2 fully saturated rings. The summed E-state index contributed by atoms with van der Waals surface area (Å²) in [4.78, 5) is 10.7. The molecule has 1 heterocycles. The number of hydrogen-bond donors (Lipinski definition) is 0. The van der Waals surface area contributed by atoms with Crippen molar-refractivity contribution in [1.82, 2.24) is 0 Å². The van der Waals surface area contributed by atoms with Crippen molar-refractivity contribution in [3.8, 4) is 0 Å². The van der Waals surface area contributed by atoms with E-state index >= 15 is 0 Å².